The molecule has 0 radical (unpaired) electrons. The highest BCUT2D eigenvalue weighted by Gasteiger charge is 2.43. The minimum absolute atomic E-state index is 0. The zero-order valence-electron chi connectivity index (χ0n) is 16.1. The average Bonchev–Trinajstić information content (AvgIpc) is 2.62. The lowest BCUT2D eigenvalue weighted by Gasteiger charge is -2.51. The third kappa shape index (κ3) is 5.12. The number of benzene rings is 1. The molecule has 3 rings (SSSR count). The highest BCUT2D eigenvalue weighted by atomic mass is 127. The van der Waals surface area contributed by atoms with Gasteiger partial charge in [0.25, 0.3) is 0 Å². The molecule has 0 aliphatic carbocycles. The van der Waals surface area contributed by atoms with Crippen LogP contribution in [0, 0.1) is 5.92 Å². The van der Waals surface area contributed by atoms with Crippen molar-refractivity contribution in [2.45, 2.75) is 51.5 Å². The number of hydrogen-bond donors (Lipinski definition) is 0. The third-order valence-electron chi connectivity index (χ3n) is 6.13. The van der Waals surface area contributed by atoms with Crippen LogP contribution in [0.5, 0.6) is 5.75 Å². The number of carbonyl (C=O) groups excluding carboxylic acids is 1. The SMILES string of the molecule is CCOc1ccc(C(=O)OCC[C@H]2CCC[N+]3(C)CCCCC23)cc1.[I-]. The van der Waals surface area contributed by atoms with Gasteiger partial charge in [0.2, 0.25) is 0 Å². The van der Waals surface area contributed by atoms with Gasteiger partial charge in [0.05, 0.1) is 45.0 Å². The molecule has 2 unspecified atom stereocenters. The van der Waals surface area contributed by atoms with Gasteiger partial charge < -0.3 is 37.9 Å². The van der Waals surface area contributed by atoms with Crippen molar-refractivity contribution in [3.63, 3.8) is 0 Å². The Balaban J connectivity index is 0.00000243. The molecule has 26 heavy (non-hydrogen) atoms. The van der Waals surface area contributed by atoms with Crippen LogP contribution in [0.1, 0.15) is 55.8 Å². The van der Waals surface area contributed by atoms with Crippen molar-refractivity contribution < 1.29 is 42.7 Å². The maximum atomic E-state index is 12.2. The van der Waals surface area contributed by atoms with Gasteiger partial charge in [-0.15, -0.1) is 0 Å². The van der Waals surface area contributed by atoms with Gasteiger partial charge >= 0.3 is 5.97 Å². The molecule has 2 aliphatic heterocycles. The molecule has 2 saturated heterocycles. The number of esters is 1. The molecule has 0 bridgehead atoms. The van der Waals surface area contributed by atoms with Crippen LogP contribution in [0.2, 0.25) is 0 Å². The Morgan fingerprint density at radius 1 is 1.12 bits per heavy atom. The Morgan fingerprint density at radius 2 is 1.85 bits per heavy atom. The summed E-state index contributed by atoms with van der Waals surface area (Å²) in [6.07, 6.45) is 7.67. The number of carbonyl (C=O) groups is 1. The molecule has 2 heterocycles. The number of piperidine rings is 2. The predicted molar refractivity (Wildman–Crippen MR) is 98.8 cm³/mol. The van der Waals surface area contributed by atoms with Crippen LogP contribution in [-0.4, -0.2) is 49.8 Å². The molecule has 1 aromatic rings. The van der Waals surface area contributed by atoms with E-state index < -0.39 is 0 Å². The fraction of sp³-hybridized carbons (Fsp3) is 0.667. The number of halogens is 1. The Bertz CT molecular complexity index is 573. The first-order chi connectivity index (χ1) is 12.1. The molecule has 146 valence electrons. The zero-order valence-corrected chi connectivity index (χ0v) is 18.2. The molecule has 0 spiro atoms. The molecular formula is C21H32INO3. The molecule has 3 atom stereocenters. The van der Waals surface area contributed by atoms with Crippen molar-refractivity contribution in [1.82, 2.24) is 0 Å². The first kappa shape index (κ1) is 21.5. The van der Waals surface area contributed by atoms with Crippen LogP contribution < -0.4 is 28.7 Å². The van der Waals surface area contributed by atoms with Gasteiger partial charge in [-0.3, -0.25) is 0 Å². The zero-order chi connectivity index (χ0) is 17.7. The summed E-state index contributed by atoms with van der Waals surface area (Å²) in [5, 5.41) is 0. The second-order valence-electron chi connectivity index (χ2n) is 7.77. The number of ether oxygens (including phenoxy) is 2. The normalized spacial score (nSPS) is 27.8. The lowest BCUT2D eigenvalue weighted by molar-refractivity contribution is -0.947. The summed E-state index contributed by atoms with van der Waals surface area (Å²) < 4.78 is 12.2. The molecule has 5 heteroatoms. The first-order valence-corrected chi connectivity index (χ1v) is 9.86. The third-order valence-corrected chi connectivity index (χ3v) is 6.13. The Labute approximate surface area is 174 Å². The lowest BCUT2D eigenvalue weighted by atomic mass is 9.80. The maximum absolute atomic E-state index is 12.2. The molecule has 0 N–H and O–H groups in total. The molecule has 0 amide bonds. The van der Waals surface area contributed by atoms with E-state index in [0.717, 1.165) is 18.2 Å². The van der Waals surface area contributed by atoms with E-state index in [2.05, 4.69) is 7.05 Å². The number of rotatable bonds is 6. The molecular weight excluding hydrogens is 441 g/mol. The second kappa shape index (κ2) is 9.93. The van der Waals surface area contributed by atoms with E-state index in [4.69, 9.17) is 9.47 Å². The van der Waals surface area contributed by atoms with Crippen molar-refractivity contribution in [1.29, 1.82) is 0 Å². The van der Waals surface area contributed by atoms with Crippen molar-refractivity contribution in [2.75, 3.05) is 33.4 Å². The Morgan fingerprint density at radius 3 is 2.58 bits per heavy atom. The van der Waals surface area contributed by atoms with E-state index in [-0.39, 0.29) is 29.9 Å². The van der Waals surface area contributed by atoms with Crippen LogP contribution in [0.25, 0.3) is 0 Å². The number of quaternary nitrogens is 1. The minimum Gasteiger partial charge on any atom is -1.00 e. The smallest absolute Gasteiger partial charge is 0.338 e. The van der Waals surface area contributed by atoms with Crippen LogP contribution in [0.4, 0.5) is 0 Å². The molecule has 2 aliphatic rings. The van der Waals surface area contributed by atoms with E-state index in [1.54, 1.807) is 12.1 Å². The largest absolute Gasteiger partial charge is 1.00 e. The Kier molecular flexibility index (Phi) is 8.20. The van der Waals surface area contributed by atoms with E-state index in [1.165, 1.54) is 49.7 Å². The first-order valence-electron chi connectivity index (χ1n) is 9.86. The van der Waals surface area contributed by atoms with Crippen LogP contribution >= 0.6 is 0 Å². The Hall–Kier alpha value is -0.820. The standard InChI is InChI=1S/C21H32NO3.HI/c1-3-24-19-11-9-18(10-12-19)21(23)25-16-13-17-7-6-15-22(2)14-5-4-8-20(17)22;/h9-12,17,20H,3-8,13-16H2,1-2H3;1H/q+1;/p-1/t17-,20?,22?;/m1./s1. The topological polar surface area (TPSA) is 35.5 Å². The fourth-order valence-electron chi connectivity index (χ4n) is 4.81. The monoisotopic (exact) mass is 473 g/mol. The van der Waals surface area contributed by atoms with Crippen molar-refractivity contribution in [3.8, 4) is 5.75 Å². The van der Waals surface area contributed by atoms with E-state index in [9.17, 15) is 4.79 Å². The summed E-state index contributed by atoms with van der Waals surface area (Å²) in [6, 6.07) is 7.98. The molecule has 1 aromatic carbocycles. The highest BCUT2D eigenvalue weighted by molar-refractivity contribution is 5.89. The van der Waals surface area contributed by atoms with Crippen LogP contribution in [0.15, 0.2) is 24.3 Å². The average molecular weight is 473 g/mol. The summed E-state index contributed by atoms with van der Waals surface area (Å²) in [7, 11) is 2.43. The summed E-state index contributed by atoms with van der Waals surface area (Å²) in [5.41, 5.74) is 0.602. The highest BCUT2D eigenvalue weighted by Crippen LogP contribution is 2.37. The van der Waals surface area contributed by atoms with Crippen molar-refractivity contribution >= 4 is 5.97 Å². The minimum atomic E-state index is -0.222. The molecule has 0 aromatic heterocycles. The number of hydrogen-bond acceptors (Lipinski definition) is 3. The van der Waals surface area contributed by atoms with Gasteiger partial charge in [-0.25, -0.2) is 4.79 Å². The van der Waals surface area contributed by atoms with Gasteiger partial charge in [-0.1, -0.05) is 0 Å². The van der Waals surface area contributed by atoms with E-state index in [1.807, 2.05) is 19.1 Å². The van der Waals surface area contributed by atoms with Gasteiger partial charge in [0.15, 0.2) is 0 Å². The van der Waals surface area contributed by atoms with E-state index in [0.29, 0.717) is 24.7 Å². The fourth-order valence-corrected chi connectivity index (χ4v) is 4.81. The summed E-state index contributed by atoms with van der Waals surface area (Å²) in [4.78, 5) is 12.2. The van der Waals surface area contributed by atoms with Gasteiger partial charge in [0.1, 0.15) is 5.75 Å². The molecule has 0 saturated carbocycles. The predicted octanol–water partition coefficient (Wildman–Crippen LogP) is 1.05. The summed E-state index contributed by atoms with van der Waals surface area (Å²) in [6.45, 7) is 5.76. The van der Waals surface area contributed by atoms with Crippen molar-refractivity contribution in [2.24, 2.45) is 5.92 Å². The lowest BCUT2D eigenvalue weighted by Crippen LogP contribution is -3.00. The van der Waals surface area contributed by atoms with Crippen LogP contribution in [0.3, 0.4) is 0 Å². The molecule has 2 fully saturated rings. The van der Waals surface area contributed by atoms with Crippen LogP contribution in [-0.2, 0) is 4.74 Å². The quantitative estimate of drug-likeness (QED) is 0.352. The van der Waals surface area contributed by atoms with Gasteiger partial charge in [-0.05, 0) is 69.7 Å². The second-order valence-corrected chi connectivity index (χ2v) is 7.77. The van der Waals surface area contributed by atoms with Gasteiger partial charge in [-0.2, -0.15) is 0 Å². The number of fused-ring (bicyclic) bond motifs is 1. The van der Waals surface area contributed by atoms with E-state index >= 15 is 0 Å². The van der Waals surface area contributed by atoms with Gasteiger partial charge in [0, 0.05) is 5.92 Å². The summed E-state index contributed by atoms with van der Waals surface area (Å²) in [5.74, 6) is 1.27. The molecule has 4 nitrogen and oxygen atoms in total. The number of nitrogens with zero attached hydrogens (tertiary/aromatic N) is 1. The van der Waals surface area contributed by atoms with Crippen molar-refractivity contribution in [3.05, 3.63) is 29.8 Å². The maximum Gasteiger partial charge on any atom is 0.338 e. The summed E-state index contributed by atoms with van der Waals surface area (Å²) >= 11 is 0.